The standard InChI is InChI=1S/C15H25F3N2O.ClH/c16-15(17,18)12-5-3-4-11(10-12)14(21)20-9-2-1-6-13(20)7-8-19;/h11-13H,1-10,19H2;1H. The fraction of sp³-hybridized carbons (Fsp3) is 0.933. The summed E-state index contributed by atoms with van der Waals surface area (Å²) in [6.45, 7) is 1.20. The van der Waals surface area contributed by atoms with Crippen LogP contribution in [0.3, 0.4) is 0 Å². The lowest BCUT2D eigenvalue weighted by Crippen LogP contribution is -2.48. The minimum atomic E-state index is -4.17. The van der Waals surface area contributed by atoms with E-state index in [9.17, 15) is 18.0 Å². The van der Waals surface area contributed by atoms with E-state index >= 15 is 0 Å². The number of halogens is 4. The Balaban J connectivity index is 0.00000242. The van der Waals surface area contributed by atoms with Crippen LogP contribution < -0.4 is 5.73 Å². The number of alkyl halides is 3. The number of nitrogens with zero attached hydrogens (tertiary/aromatic N) is 1. The Morgan fingerprint density at radius 2 is 1.86 bits per heavy atom. The molecule has 3 atom stereocenters. The Morgan fingerprint density at radius 3 is 2.50 bits per heavy atom. The average molecular weight is 343 g/mol. The molecular weight excluding hydrogens is 317 g/mol. The van der Waals surface area contributed by atoms with Crippen LogP contribution >= 0.6 is 12.4 Å². The largest absolute Gasteiger partial charge is 0.391 e. The van der Waals surface area contributed by atoms with Crippen molar-refractivity contribution in [3.8, 4) is 0 Å². The van der Waals surface area contributed by atoms with Crippen LogP contribution in [0.2, 0.25) is 0 Å². The molecule has 0 aromatic rings. The Kier molecular flexibility index (Phi) is 7.46. The smallest absolute Gasteiger partial charge is 0.339 e. The van der Waals surface area contributed by atoms with E-state index in [0.717, 1.165) is 25.7 Å². The SMILES string of the molecule is Cl.NCCC1CCCCN1C(=O)C1CCCC(C(F)(F)F)C1. The number of nitrogens with two attached hydrogens (primary N) is 1. The van der Waals surface area contributed by atoms with Crippen molar-refractivity contribution in [2.45, 2.75) is 63.6 Å². The van der Waals surface area contributed by atoms with Gasteiger partial charge in [0.15, 0.2) is 0 Å². The van der Waals surface area contributed by atoms with Gasteiger partial charge in [-0.25, -0.2) is 0 Å². The maximum atomic E-state index is 12.9. The van der Waals surface area contributed by atoms with E-state index in [-0.39, 0.29) is 37.2 Å². The summed E-state index contributed by atoms with van der Waals surface area (Å²) in [7, 11) is 0. The summed E-state index contributed by atoms with van der Waals surface area (Å²) >= 11 is 0. The number of amides is 1. The molecule has 2 rings (SSSR count). The minimum absolute atomic E-state index is 0. The second-order valence-corrected chi connectivity index (χ2v) is 6.36. The predicted octanol–water partition coefficient (Wildman–Crippen LogP) is 3.51. The Labute approximate surface area is 136 Å². The first kappa shape index (κ1) is 19.6. The molecule has 2 fully saturated rings. The number of hydrogen-bond acceptors (Lipinski definition) is 2. The van der Waals surface area contributed by atoms with Crippen molar-refractivity contribution < 1.29 is 18.0 Å². The molecule has 2 N–H and O–H groups in total. The van der Waals surface area contributed by atoms with Crippen LogP contribution in [-0.2, 0) is 4.79 Å². The molecule has 0 aromatic carbocycles. The van der Waals surface area contributed by atoms with Gasteiger partial charge in [-0.3, -0.25) is 4.79 Å². The summed E-state index contributed by atoms with van der Waals surface area (Å²) in [6, 6.07) is 0.127. The first-order chi connectivity index (χ1) is 9.93. The number of carbonyl (C=O) groups is 1. The molecule has 0 bridgehead atoms. The monoisotopic (exact) mass is 342 g/mol. The molecule has 7 heteroatoms. The van der Waals surface area contributed by atoms with Crippen molar-refractivity contribution in [1.29, 1.82) is 0 Å². The molecule has 2 aliphatic rings. The molecule has 22 heavy (non-hydrogen) atoms. The van der Waals surface area contributed by atoms with Gasteiger partial charge >= 0.3 is 6.18 Å². The topological polar surface area (TPSA) is 46.3 Å². The molecule has 1 saturated carbocycles. The van der Waals surface area contributed by atoms with Gasteiger partial charge in [0, 0.05) is 18.5 Å². The van der Waals surface area contributed by atoms with Crippen LogP contribution in [0.4, 0.5) is 13.2 Å². The van der Waals surface area contributed by atoms with Crippen LogP contribution in [0.25, 0.3) is 0 Å². The molecule has 130 valence electrons. The van der Waals surface area contributed by atoms with Crippen LogP contribution in [0.1, 0.15) is 51.4 Å². The van der Waals surface area contributed by atoms with E-state index in [1.54, 1.807) is 0 Å². The average Bonchev–Trinajstić information content (AvgIpc) is 2.47. The zero-order chi connectivity index (χ0) is 15.5. The van der Waals surface area contributed by atoms with Crippen molar-refractivity contribution in [1.82, 2.24) is 4.90 Å². The molecule has 1 amide bonds. The van der Waals surface area contributed by atoms with Gasteiger partial charge in [-0.05, 0) is 51.5 Å². The molecule has 1 saturated heterocycles. The molecule has 0 spiro atoms. The highest BCUT2D eigenvalue weighted by Gasteiger charge is 2.44. The highest BCUT2D eigenvalue weighted by Crippen LogP contribution is 2.41. The summed E-state index contributed by atoms with van der Waals surface area (Å²) in [5, 5.41) is 0. The van der Waals surface area contributed by atoms with Crippen molar-refractivity contribution >= 4 is 18.3 Å². The molecule has 1 aliphatic heterocycles. The van der Waals surface area contributed by atoms with E-state index in [0.29, 0.717) is 25.9 Å². The maximum Gasteiger partial charge on any atom is 0.391 e. The zero-order valence-corrected chi connectivity index (χ0v) is 13.6. The summed E-state index contributed by atoms with van der Waals surface area (Å²) < 4.78 is 38.6. The molecule has 3 unspecified atom stereocenters. The van der Waals surface area contributed by atoms with Gasteiger partial charge in [0.05, 0.1) is 5.92 Å². The Morgan fingerprint density at radius 1 is 1.14 bits per heavy atom. The Hall–Kier alpha value is -0.490. The van der Waals surface area contributed by atoms with Crippen molar-refractivity contribution in [2.75, 3.05) is 13.1 Å². The maximum absolute atomic E-state index is 12.9. The lowest BCUT2D eigenvalue weighted by molar-refractivity contribution is -0.187. The summed E-state index contributed by atoms with van der Waals surface area (Å²) in [5.74, 6) is -1.83. The van der Waals surface area contributed by atoms with Gasteiger partial charge in [-0.15, -0.1) is 12.4 Å². The molecule has 1 aliphatic carbocycles. The zero-order valence-electron chi connectivity index (χ0n) is 12.8. The second-order valence-electron chi connectivity index (χ2n) is 6.36. The van der Waals surface area contributed by atoms with Crippen LogP contribution in [-0.4, -0.2) is 36.1 Å². The lowest BCUT2D eigenvalue weighted by Gasteiger charge is -2.40. The van der Waals surface area contributed by atoms with E-state index in [1.165, 1.54) is 0 Å². The molecule has 0 aromatic heterocycles. The highest BCUT2D eigenvalue weighted by atomic mass is 35.5. The lowest BCUT2D eigenvalue weighted by atomic mass is 9.79. The normalized spacial score (nSPS) is 29.8. The van der Waals surface area contributed by atoms with Gasteiger partial charge < -0.3 is 10.6 Å². The van der Waals surface area contributed by atoms with Crippen molar-refractivity contribution in [3.63, 3.8) is 0 Å². The van der Waals surface area contributed by atoms with Gasteiger partial charge in [0.25, 0.3) is 0 Å². The van der Waals surface area contributed by atoms with Gasteiger partial charge in [-0.2, -0.15) is 13.2 Å². The van der Waals surface area contributed by atoms with Crippen LogP contribution in [0.15, 0.2) is 0 Å². The first-order valence-corrected chi connectivity index (χ1v) is 8.00. The summed E-state index contributed by atoms with van der Waals surface area (Å²) in [4.78, 5) is 14.4. The first-order valence-electron chi connectivity index (χ1n) is 8.00. The number of likely N-dealkylation sites (tertiary alicyclic amines) is 1. The van der Waals surface area contributed by atoms with Crippen LogP contribution in [0, 0.1) is 11.8 Å². The molecule has 1 heterocycles. The third-order valence-corrected chi connectivity index (χ3v) is 4.90. The Bertz CT molecular complexity index is 363. The summed E-state index contributed by atoms with van der Waals surface area (Å²) in [5.41, 5.74) is 5.59. The second kappa shape index (κ2) is 8.39. The number of rotatable bonds is 3. The third kappa shape index (κ3) is 4.75. The number of carbonyl (C=O) groups excluding carboxylic acids is 1. The third-order valence-electron chi connectivity index (χ3n) is 4.90. The molecular formula is C15H26ClF3N2O. The minimum Gasteiger partial charge on any atom is -0.339 e. The van der Waals surface area contributed by atoms with E-state index in [4.69, 9.17) is 5.73 Å². The van der Waals surface area contributed by atoms with Crippen LogP contribution in [0.5, 0.6) is 0 Å². The quantitative estimate of drug-likeness (QED) is 0.853. The summed E-state index contributed by atoms with van der Waals surface area (Å²) in [6.07, 6.45) is 0.754. The van der Waals surface area contributed by atoms with Gasteiger partial charge in [0.1, 0.15) is 0 Å². The molecule has 3 nitrogen and oxygen atoms in total. The fourth-order valence-corrected chi connectivity index (χ4v) is 3.73. The van der Waals surface area contributed by atoms with Crippen molar-refractivity contribution in [3.05, 3.63) is 0 Å². The van der Waals surface area contributed by atoms with Gasteiger partial charge in [-0.1, -0.05) is 6.42 Å². The van der Waals surface area contributed by atoms with E-state index in [2.05, 4.69) is 0 Å². The van der Waals surface area contributed by atoms with E-state index < -0.39 is 18.0 Å². The fourth-order valence-electron chi connectivity index (χ4n) is 3.73. The number of piperidine rings is 1. The number of hydrogen-bond donors (Lipinski definition) is 1. The predicted molar refractivity (Wildman–Crippen MR) is 81.8 cm³/mol. The van der Waals surface area contributed by atoms with Gasteiger partial charge in [0.2, 0.25) is 5.91 Å². The van der Waals surface area contributed by atoms with E-state index in [1.807, 2.05) is 4.90 Å². The van der Waals surface area contributed by atoms with Crippen molar-refractivity contribution in [2.24, 2.45) is 17.6 Å². The molecule has 0 radical (unpaired) electrons. The highest BCUT2D eigenvalue weighted by molar-refractivity contribution is 5.85.